The Morgan fingerprint density at radius 3 is 2.64 bits per heavy atom. The number of sulfone groups is 1. The van der Waals surface area contributed by atoms with Crippen LogP contribution in [0.15, 0.2) is 23.1 Å². The largest absolute Gasteiger partial charge is 0.224 e. The molecular weight excluding hydrogens is 222 g/mol. The Bertz CT molecular complexity index is 488. The molecule has 0 aliphatic rings. The highest BCUT2D eigenvalue weighted by atomic mass is 35.5. The van der Waals surface area contributed by atoms with Gasteiger partial charge < -0.3 is 0 Å². The first-order chi connectivity index (χ1) is 6.51. The van der Waals surface area contributed by atoms with Crippen molar-refractivity contribution in [2.75, 3.05) is 5.75 Å². The lowest BCUT2D eigenvalue weighted by atomic mass is 10.2. The van der Waals surface area contributed by atoms with Gasteiger partial charge in [0.1, 0.15) is 6.07 Å². The van der Waals surface area contributed by atoms with Crippen molar-refractivity contribution in [3.8, 4) is 6.07 Å². The standard InChI is InChI=1S/C9H8ClNO2S/c1-2-14(12,13)8-3-4-9(10)7(5-8)6-11/h3-5H,2H2,1H3. The molecule has 0 saturated carbocycles. The molecule has 14 heavy (non-hydrogen) atoms. The van der Waals surface area contributed by atoms with E-state index in [0.717, 1.165) is 0 Å². The summed E-state index contributed by atoms with van der Waals surface area (Å²) in [4.78, 5) is 0.140. The van der Waals surface area contributed by atoms with Crippen molar-refractivity contribution in [1.29, 1.82) is 5.26 Å². The van der Waals surface area contributed by atoms with Gasteiger partial charge in [-0.2, -0.15) is 5.26 Å². The summed E-state index contributed by atoms with van der Waals surface area (Å²) >= 11 is 5.67. The summed E-state index contributed by atoms with van der Waals surface area (Å²) in [7, 11) is -3.26. The topological polar surface area (TPSA) is 57.9 Å². The third-order valence-corrected chi connectivity index (χ3v) is 3.86. The molecule has 74 valence electrons. The fourth-order valence-electron chi connectivity index (χ4n) is 0.950. The summed E-state index contributed by atoms with van der Waals surface area (Å²) in [5.74, 6) is 0.0134. The summed E-state index contributed by atoms with van der Waals surface area (Å²) in [5.41, 5.74) is 0.182. The van der Waals surface area contributed by atoms with Gasteiger partial charge in [-0.25, -0.2) is 8.42 Å². The van der Waals surface area contributed by atoms with Gasteiger partial charge in [0.05, 0.1) is 21.2 Å². The Morgan fingerprint density at radius 2 is 2.14 bits per heavy atom. The van der Waals surface area contributed by atoms with Crippen molar-refractivity contribution >= 4 is 21.4 Å². The highest BCUT2D eigenvalue weighted by molar-refractivity contribution is 7.91. The van der Waals surface area contributed by atoms with Crippen LogP contribution in [-0.2, 0) is 9.84 Å². The van der Waals surface area contributed by atoms with E-state index in [9.17, 15) is 8.42 Å². The number of benzene rings is 1. The molecule has 0 atom stereocenters. The lowest BCUT2D eigenvalue weighted by Gasteiger charge is -2.02. The zero-order valence-electron chi connectivity index (χ0n) is 7.49. The number of rotatable bonds is 2. The lowest BCUT2D eigenvalue weighted by molar-refractivity contribution is 0.597. The molecule has 0 amide bonds. The van der Waals surface area contributed by atoms with Crippen LogP contribution in [0.25, 0.3) is 0 Å². The molecule has 1 aromatic rings. The van der Waals surface area contributed by atoms with Crippen LogP contribution in [0.5, 0.6) is 0 Å². The van der Waals surface area contributed by atoms with Gasteiger partial charge in [0.25, 0.3) is 0 Å². The van der Waals surface area contributed by atoms with E-state index in [1.165, 1.54) is 18.2 Å². The monoisotopic (exact) mass is 229 g/mol. The van der Waals surface area contributed by atoms with Crippen LogP contribution in [0.3, 0.4) is 0 Å². The van der Waals surface area contributed by atoms with E-state index in [1.54, 1.807) is 6.92 Å². The van der Waals surface area contributed by atoms with Gasteiger partial charge in [-0.05, 0) is 18.2 Å². The minimum Gasteiger partial charge on any atom is -0.224 e. The van der Waals surface area contributed by atoms with Gasteiger partial charge in [-0.1, -0.05) is 18.5 Å². The average molecular weight is 230 g/mol. The zero-order chi connectivity index (χ0) is 10.8. The molecule has 0 aromatic heterocycles. The van der Waals surface area contributed by atoms with Gasteiger partial charge in [-0.15, -0.1) is 0 Å². The first kappa shape index (κ1) is 11.0. The van der Waals surface area contributed by atoms with Crippen LogP contribution >= 0.6 is 11.6 Å². The van der Waals surface area contributed by atoms with Crippen LogP contribution < -0.4 is 0 Å². The Morgan fingerprint density at radius 1 is 1.50 bits per heavy atom. The summed E-state index contributed by atoms with van der Waals surface area (Å²) < 4.78 is 22.9. The van der Waals surface area contributed by atoms with E-state index in [-0.39, 0.29) is 21.2 Å². The van der Waals surface area contributed by atoms with Crippen LogP contribution in [0.4, 0.5) is 0 Å². The third-order valence-electron chi connectivity index (χ3n) is 1.80. The third kappa shape index (κ3) is 2.06. The first-order valence-electron chi connectivity index (χ1n) is 3.93. The van der Waals surface area contributed by atoms with Gasteiger partial charge in [0.15, 0.2) is 9.84 Å². The van der Waals surface area contributed by atoms with E-state index in [2.05, 4.69) is 0 Å². The van der Waals surface area contributed by atoms with Gasteiger partial charge in [0, 0.05) is 0 Å². The summed E-state index contributed by atoms with van der Waals surface area (Å²) in [6, 6.07) is 5.95. The maximum absolute atomic E-state index is 11.4. The molecule has 0 aliphatic carbocycles. The summed E-state index contributed by atoms with van der Waals surface area (Å²) in [6.07, 6.45) is 0. The quantitative estimate of drug-likeness (QED) is 0.780. The highest BCUT2D eigenvalue weighted by Gasteiger charge is 2.13. The fraction of sp³-hybridized carbons (Fsp3) is 0.222. The second-order valence-electron chi connectivity index (χ2n) is 2.66. The minimum atomic E-state index is -3.26. The molecule has 1 rings (SSSR count). The smallest absolute Gasteiger partial charge is 0.178 e. The number of nitriles is 1. The molecular formula is C9H8ClNO2S. The van der Waals surface area contributed by atoms with E-state index in [1.807, 2.05) is 6.07 Å². The van der Waals surface area contributed by atoms with Gasteiger partial charge in [0.2, 0.25) is 0 Å². The summed E-state index contributed by atoms with van der Waals surface area (Å²) in [5, 5.41) is 8.92. The molecule has 0 radical (unpaired) electrons. The molecule has 0 spiro atoms. The summed E-state index contributed by atoms with van der Waals surface area (Å²) in [6.45, 7) is 1.55. The predicted molar refractivity (Wildman–Crippen MR) is 53.9 cm³/mol. The molecule has 0 aliphatic heterocycles. The first-order valence-corrected chi connectivity index (χ1v) is 5.96. The minimum absolute atomic E-state index is 0.0134. The van der Waals surface area contributed by atoms with E-state index in [4.69, 9.17) is 16.9 Å². The molecule has 0 bridgehead atoms. The van der Waals surface area contributed by atoms with Crippen LogP contribution in [0.1, 0.15) is 12.5 Å². The highest BCUT2D eigenvalue weighted by Crippen LogP contribution is 2.20. The zero-order valence-corrected chi connectivity index (χ0v) is 9.06. The Labute approximate surface area is 87.8 Å². The maximum atomic E-state index is 11.4. The van der Waals surface area contributed by atoms with E-state index < -0.39 is 9.84 Å². The van der Waals surface area contributed by atoms with Gasteiger partial charge >= 0.3 is 0 Å². The number of nitrogens with zero attached hydrogens (tertiary/aromatic N) is 1. The average Bonchev–Trinajstić information content (AvgIpc) is 2.18. The Hall–Kier alpha value is -1.05. The van der Waals surface area contributed by atoms with Gasteiger partial charge in [-0.3, -0.25) is 0 Å². The molecule has 0 N–H and O–H groups in total. The van der Waals surface area contributed by atoms with Crippen molar-refractivity contribution in [1.82, 2.24) is 0 Å². The van der Waals surface area contributed by atoms with Crippen LogP contribution in [0, 0.1) is 11.3 Å². The molecule has 0 unspecified atom stereocenters. The van der Waals surface area contributed by atoms with E-state index >= 15 is 0 Å². The fourth-order valence-corrected chi connectivity index (χ4v) is 2.02. The van der Waals surface area contributed by atoms with Crippen LogP contribution in [-0.4, -0.2) is 14.2 Å². The lowest BCUT2D eigenvalue weighted by Crippen LogP contribution is -2.03. The molecule has 0 saturated heterocycles. The van der Waals surface area contributed by atoms with Crippen molar-refractivity contribution in [3.05, 3.63) is 28.8 Å². The van der Waals surface area contributed by atoms with Crippen molar-refractivity contribution in [3.63, 3.8) is 0 Å². The second kappa shape index (κ2) is 3.99. The molecule has 0 fully saturated rings. The molecule has 3 nitrogen and oxygen atoms in total. The number of halogens is 1. The molecule has 1 aromatic carbocycles. The normalized spacial score (nSPS) is 10.9. The molecule has 0 heterocycles. The second-order valence-corrected chi connectivity index (χ2v) is 5.34. The molecule has 5 heteroatoms. The van der Waals surface area contributed by atoms with Crippen LogP contribution in [0.2, 0.25) is 5.02 Å². The van der Waals surface area contributed by atoms with Crippen molar-refractivity contribution in [2.24, 2.45) is 0 Å². The van der Waals surface area contributed by atoms with Crippen molar-refractivity contribution < 1.29 is 8.42 Å². The Kier molecular flexibility index (Phi) is 3.14. The Balaban J connectivity index is 3.36. The van der Waals surface area contributed by atoms with E-state index in [0.29, 0.717) is 0 Å². The maximum Gasteiger partial charge on any atom is 0.178 e. The predicted octanol–water partition coefficient (Wildman–Crippen LogP) is 2.01. The number of hydrogen-bond acceptors (Lipinski definition) is 3. The van der Waals surface area contributed by atoms with Crippen molar-refractivity contribution in [2.45, 2.75) is 11.8 Å². The number of hydrogen-bond donors (Lipinski definition) is 0. The SMILES string of the molecule is CCS(=O)(=O)c1ccc(Cl)c(C#N)c1.